The van der Waals surface area contributed by atoms with Crippen molar-refractivity contribution >= 4 is 81.2 Å². The molecule has 1 saturated heterocycles. The fraction of sp³-hybridized carbons (Fsp3) is 0.500. The summed E-state index contributed by atoms with van der Waals surface area (Å²) in [6.45, 7) is 27.5. The van der Waals surface area contributed by atoms with Crippen LogP contribution in [0, 0.1) is 11.8 Å². The molecule has 1 heterocycles. The molecule has 4 aromatic rings. The van der Waals surface area contributed by atoms with E-state index in [1.165, 1.54) is 184 Å². The van der Waals surface area contributed by atoms with E-state index in [-0.39, 0.29) is 66.2 Å². The Morgan fingerprint density at radius 2 is 0.510 bits per heavy atom. The second kappa shape index (κ2) is 88.0. The van der Waals surface area contributed by atoms with Crippen molar-refractivity contribution in [1.82, 2.24) is 9.80 Å². The highest BCUT2D eigenvalue weighted by Gasteiger charge is 2.29. The third kappa shape index (κ3) is 89.0. The van der Waals surface area contributed by atoms with E-state index in [1.807, 2.05) is 91.8 Å². The van der Waals surface area contributed by atoms with Crippen LogP contribution in [-0.2, 0) is 90.5 Å². The van der Waals surface area contributed by atoms with E-state index < -0.39 is 0 Å². The molecule has 22 heteroatoms. The number of urea groups is 1. The van der Waals surface area contributed by atoms with Crippen LogP contribution in [0.5, 0.6) is 0 Å². The molecule has 22 nitrogen and oxygen atoms in total. The van der Waals surface area contributed by atoms with E-state index in [2.05, 4.69) is 157 Å². The van der Waals surface area contributed by atoms with Gasteiger partial charge in [0.25, 0.3) is 0 Å². The van der Waals surface area contributed by atoms with E-state index in [9.17, 15) is 47.9 Å². The highest BCUT2D eigenvalue weighted by Crippen LogP contribution is 2.25. The van der Waals surface area contributed by atoms with Crippen molar-refractivity contribution in [2.45, 2.75) is 149 Å². The van der Waals surface area contributed by atoms with Crippen molar-refractivity contribution in [3.05, 3.63) is 146 Å². The number of carbonyl (C=O) groups excluding carboxylic acids is 10. The van der Waals surface area contributed by atoms with Gasteiger partial charge < -0.3 is 52.3 Å². The molecule has 3 aliphatic carbocycles. The van der Waals surface area contributed by atoms with Crippen LogP contribution in [0.4, 0.5) is 4.79 Å². The molecule has 0 atom stereocenters. The quantitative estimate of drug-likeness (QED) is 0.0593. The summed E-state index contributed by atoms with van der Waals surface area (Å²) < 4.78 is 41.8. The van der Waals surface area contributed by atoms with Gasteiger partial charge >= 0.3 is 53.8 Å². The first-order valence-electron chi connectivity index (χ1n) is 32.0. The topological polar surface area (TPSA) is 269 Å². The maximum atomic E-state index is 10.7. The number of hydrogen-bond acceptors (Lipinski definition) is 20. The second-order valence-corrected chi connectivity index (χ2v) is 17.9. The van der Waals surface area contributed by atoms with Gasteiger partial charge in [0.2, 0.25) is 5.91 Å². The van der Waals surface area contributed by atoms with Crippen LogP contribution in [-0.4, -0.2) is 168 Å². The zero-order chi connectivity index (χ0) is 78.1. The predicted molar refractivity (Wildman–Crippen MR) is 396 cm³/mol. The van der Waals surface area contributed by atoms with Crippen molar-refractivity contribution in [2.75, 3.05) is 98.5 Å². The summed E-state index contributed by atoms with van der Waals surface area (Å²) in [5.41, 5.74) is 0. The summed E-state index contributed by atoms with van der Waals surface area (Å²) in [5, 5.41) is 5.25. The number of hydrogen-bond donors (Lipinski definition) is 0. The molecule has 0 spiro atoms. The molecule has 98 heavy (non-hydrogen) atoms. The van der Waals surface area contributed by atoms with Crippen molar-refractivity contribution in [1.29, 1.82) is 0 Å². The number of nitrogens with zero attached hydrogens (tertiary/aromatic N) is 2. The van der Waals surface area contributed by atoms with Crippen LogP contribution in [0.1, 0.15) is 149 Å². The number of benzene rings is 4. The standard InChI is InChI=1S/C14H10.C10H10.C6H12.C6H6.C5H8N2O2.C3H8O2.8C3H6O2.4C2H6/c1-2-6-12-10-14-8-4-3-7-13(14)9-11(12)5-1;1-2-6-10-8-4-3-7-9(10)5-1;2*1-2-4-6-5-3-1;1-6-3-4(8)7(2)5(6)9;1-4-3-5-2;8*1-3(4)5-2;4*1-2/h1-10H;1-10H;1-6H2;1-6H;3H2,1-2H3;3H2,1-2H3;8*1-2H3;4*1-2H3. The minimum absolute atomic E-state index is 0.137. The summed E-state index contributed by atoms with van der Waals surface area (Å²) in [5.74, 6) is -0.859. The van der Waals surface area contributed by atoms with Gasteiger partial charge in [0.05, 0.1) is 56.9 Å². The Bertz CT molecular complexity index is 2310. The molecule has 1 saturated carbocycles. The maximum absolute atomic E-state index is 10.7. The van der Waals surface area contributed by atoms with E-state index >= 15 is 0 Å². The van der Waals surface area contributed by atoms with Gasteiger partial charge in [-0.15, -0.1) is 0 Å². The average molecular weight is 1390 g/mol. The van der Waals surface area contributed by atoms with Crippen molar-refractivity contribution < 1.29 is 95.3 Å². The van der Waals surface area contributed by atoms with Crippen LogP contribution in [0.15, 0.2) is 146 Å². The molecular formula is C76H126N2O20. The first kappa shape index (κ1) is 110. The molecule has 4 aromatic carbocycles. The molecule has 0 radical (unpaired) electrons. The maximum Gasteiger partial charge on any atom is 0.326 e. The van der Waals surface area contributed by atoms with E-state index in [0.29, 0.717) is 18.6 Å². The number of amides is 3. The zero-order valence-electron chi connectivity index (χ0n) is 64.7. The fourth-order valence-electron chi connectivity index (χ4n) is 5.60. The summed E-state index contributed by atoms with van der Waals surface area (Å²) in [6, 6.07) is 33.2. The number of allylic oxidation sites excluding steroid dienone is 8. The number of methoxy groups -OCH3 is 10. The largest absolute Gasteiger partial charge is 0.469 e. The van der Waals surface area contributed by atoms with Crippen LogP contribution in [0.3, 0.4) is 0 Å². The zero-order valence-corrected chi connectivity index (χ0v) is 64.7. The van der Waals surface area contributed by atoms with Gasteiger partial charge in [-0.25, -0.2) is 4.79 Å². The van der Waals surface area contributed by atoms with Crippen molar-refractivity contribution in [2.24, 2.45) is 11.8 Å². The van der Waals surface area contributed by atoms with Gasteiger partial charge in [0, 0.05) is 95.5 Å². The first-order valence-corrected chi connectivity index (χ1v) is 32.0. The second-order valence-electron chi connectivity index (χ2n) is 17.9. The lowest BCUT2D eigenvalue weighted by Gasteiger charge is -2.19. The van der Waals surface area contributed by atoms with E-state index in [1.54, 1.807) is 21.3 Å². The van der Waals surface area contributed by atoms with Gasteiger partial charge in [0.1, 0.15) is 13.3 Å². The fourth-order valence-corrected chi connectivity index (χ4v) is 5.60. The van der Waals surface area contributed by atoms with Gasteiger partial charge in [-0.05, 0) is 33.7 Å². The Kier molecular flexibility index (Phi) is 99.1. The van der Waals surface area contributed by atoms with E-state index in [4.69, 9.17) is 0 Å². The molecule has 0 aromatic heterocycles. The Labute approximate surface area is 589 Å². The Hall–Kier alpha value is -9.02. The Morgan fingerprint density at radius 3 is 0.612 bits per heavy atom. The molecule has 1 aliphatic heterocycles. The van der Waals surface area contributed by atoms with Crippen LogP contribution in [0.25, 0.3) is 21.5 Å². The van der Waals surface area contributed by atoms with Crippen LogP contribution >= 0.6 is 0 Å². The minimum atomic E-state index is -0.245. The average Bonchev–Trinajstić information content (AvgIpc) is 1.04. The summed E-state index contributed by atoms with van der Waals surface area (Å²) in [7, 11) is 17.1. The SMILES string of the molecule is C1=CC2C=CC=CC2C=C1.C1CCCCC1.CC.CC.CC.CC.CN1CC(=O)N(C)C1=O.COC(C)=O.COC(C)=O.COC(C)=O.COC(C)=O.COC(C)=O.COC(C)=O.COC(C)=O.COC(C)=O.COCOC.c1ccc2cc3ccccc3cc2c1.c1ccccc1. The van der Waals surface area contributed by atoms with Crippen molar-refractivity contribution in [3.63, 3.8) is 0 Å². The number of rotatable bonds is 2. The first-order chi connectivity index (χ1) is 46.6. The van der Waals surface area contributed by atoms with Gasteiger partial charge in [0.15, 0.2) is 0 Å². The summed E-state index contributed by atoms with van der Waals surface area (Å²) in [4.78, 5) is 101. The molecule has 0 unspecified atom stereocenters. The molecule has 4 aliphatic rings. The van der Waals surface area contributed by atoms with Gasteiger partial charge in [-0.3, -0.25) is 48.1 Å². The lowest BCUT2D eigenvalue weighted by atomic mass is 9.85. The lowest BCUT2D eigenvalue weighted by molar-refractivity contribution is -0.138. The highest BCUT2D eigenvalue weighted by atomic mass is 16.6. The number of esters is 8. The number of ether oxygens (including phenoxy) is 10. The number of imide groups is 1. The Balaban J connectivity index is -0.000000107. The van der Waals surface area contributed by atoms with Crippen LogP contribution < -0.4 is 0 Å². The third-order valence-electron chi connectivity index (χ3n) is 10.7. The molecular weight excluding hydrogens is 1260 g/mol. The smallest absolute Gasteiger partial charge is 0.326 e. The molecule has 0 N–H and O–H groups in total. The van der Waals surface area contributed by atoms with Gasteiger partial charge in [-0.2, -0.15) is 0 Å². The molecule has 0 bridgehead atoms. The normalized spacial score (nSPS) is 12.3. The predicted octanol–water partition coefficient (Wildman–Crippen LogP) is 15.8. The number of fused-ring (bicyclic) bond motifs is 3. The lowest BCUT2D eigenvalue weighted by Crippen LogP contribution is -2.27. The number of carbonyl (C=O) groups is 10. The number of likely N-dealkylation sites (N-methyl/N-ethyl adjacent to an activating group) is 2. The highest BCUT2D eigenvalue weighted by molar-refractivity contribution is 6.01. The minimum Gasteiger partial charge on any atom is -0.469 e. The summed E-state index contributed by atoms with van der Waals surface area (Å²) >= 11 is 0. The third-order valence-corrected chi connectivity index (χ3v) is 10.7. The van der Waals surface area contributed by atoms with Crippen molar-refractivity contribution in [3.8, 4) is 0 Å². The Morgan fingerprint density at radius 1 is 0.337 bits per heavy atom. The molecule has 8 rings (SSSR count). The van der Waals surface area contributed by atoms with Gasteiger partial charge in [-0.1, -0.05) is 227 Å². The molecule has 2 fully saturated rings. The molecule has 3 amide bonds. The molecule has 560 valence electrons. The summed E-state index contributed by atoms with van der Waals surface area (Å²) in [6.07, 6.45) is 26.4. The monoisotopic (exact) mass is 1390 g/mol. The van der Waals surface area contributed by atoms with E-state index in [0.717, 1.165) is 4.90 Å². The van der Waals surface area contributed by atoms with Crippen LogP contribution in [0.2, 0.25) is 0 Å².